The van der Waals surface area contributed by atoms with Crippen LogP contribution in [-0.4, -0.2) is 11.1 Å². The second kappa shape index (κ2) is 8.64. The lowest BCUT2D eigenvalue weighted by Gasteiger charge is -2.06. The van der Waals surface area contributed by atoms with Gasteiger partial charge in [-0.15, -0.1) is 0 Å². The van der Waals surface area contributed by atoms with Gasteiger partial charge in [-0.25, -0.2) is 9.18 Å². The molecule has 4 heteroatoms. The van der Waals surface area contributed by atoms with Crippen LogP contribution in [0.3, 0.4) is 0 Å². The molecule has 0 aromatic heterocycles. The van der Waals surface area contributed by atoms with Gasteiger partial charge in [-0.3, -0.25) is 0 Å². The number of aromatic carboxylic acids is 1. The SMILES string of the molecule is C=C(/C=C\C=C(/C)c1ccc(F)cc1)OCc1cccc(C(=O)O)c1. The highest BCUT2D eigenvalue weighted by Crippen LogP contribution is 2.15. The number of carboxylic acid groups (broad SMARTS) is 1. The first-order chi connectivity index (χ1) is 12.0. The van der Waals surface area contributed by atoms with Gasteiger partial charge in [0, 0.05) is 0 Å². The molecule has 0 radical (unpaired) electrons. The van der Waals surface area contributed by atoms with Crippen LogP contribution < -0.4 is 0 Å². The molecule has 2 rings (SSSR count). The Bertz CT molecular complexity index is 817. The van der Waals surface area contributed by atoms with Crippen LogP contribution in [0.5, 0.6) is 0 Å². The Kier molecular flexibility index (Phi) is 6.29. The monoisotopic (exact) mass is 338 g/mol. The fraction of sp³-hybridized carbons (Fsp3) is 0.0952. The molecule has 0 atom stereocenters. The van der Waals surface area contributed by atoms with E-state index in [0.29, 0.717) is 5.76 Å². The fourth-order valence-corrected chi connectivity index (χ4v) is 2.13. The Morgan fingerprint density at radius 3 is 2.60 bits per heavy atom. The zero-order valence-electron chi connectivity index (χ0n) is 13.9. The van der Waals surface area contributed by atoms with E-state index in [1.807, 2.05) is 13.0 Å². The van der Waals surface area contributed by atoms with Gasteiger partial charge in [0.2, 0.25) is 0 Å². The quantitative estimate of drug-likeness (QED) is 0.556. The first kappa shape index (κ1) is 18.2. The van der Waals surface area contributed by atoms with Crippen molar-refractivity contribution >= 4 is 11.5 Å². The molecule has 0 aliphatic rings. The first-order valence-corrected chi connectivity index (χ1v) is 7.70. The van der Waals surface area contributed by atoms with Crippen molar-refractivity contribution in [2.45, 2.75) is 13.5 Å². The van der Waals surface area contributed by atoms with Crippen molar-refractivity contribution in [1.29, 1.82) is 0 Å². The molecule has 2 aromatic rings. The summed E-state index contributed by atoms with van der Waals surface area (Å²) >= 11 is 0. The van der Waals surface area contributed by atoms with E-state index >= 15 is 0 Å². The smallest absolute Gasteiger partial charge is 0.335 e. The second-order valence-electron chi connectivity index (χ2n) is 5.48. The number of halogens is 1. The summed E-state index contributed by atoms with van der Waals surface area (Å²) in [6, 6.07) is 12.8. The third-order valence-electron chi connectivity index (χ3n) is 3.53. The van der Waals surface area contributed by atoms with Gasteiger partial charge in [0.15, 0.2) is 0 Å². The van der Waals surface area contributed by atoms with Crippen molar-refractivity contribution < 1.29 is 19.0 Å². The summed E-state index contributed by atoms with van der Waals surface area (Å²) in [7, 11) is 0. The third kappa shape index (κ3) is 5.77. The van der Waals surface area contributed by atoms with Crippen molar-refractivity contribution in [3.05, 3.63) is 102 Å². The Morgan fingerprint density at radius 1 is 1.20 bits per heavy atom. The van der Waals surface area contributed by atoms with Crippen molar-refractivity contribution in [2.75, 3.05) is 0 Å². The molecule has 2 aromatic carbocycles. The van der Waals surface area contributed by atoms with E-state index in [1.54, 1.807) is 42.5 Å². The predicted octanol–water partition coefficient (Wildman–Crippen LogP) is 5.21. The summed E-state index contributed by atoms with van der Waals surface area (Å²) in [5, 5.41) is 8.97. The molecular weight excluding hydrogens is 319 g/mol. The predicted molar refractivity (Wildman–Crippen MR) is 96.5 cm³/mol. The largest absolute Gasteiger partial charge is 0.490 e. The fourth-order valence-electron chi connectivity index (χ4n) is 2.13. The average Bonchev–Trinajstić information content (AvgIpc) is 2.60. The van der Waals surface area contributed by atoms with E-state index < -0.39 is 5.97 Å². The van der Waals surface area contributed by atoms with Crippen molar-refractivity contribution in [1.82, 2.24) is 0 Å². The van der Waals surface area contributed by atoms with Crippen molar-refractivity contribution in [3.8, 4) is 0 Å². The van der Waals surface area contributed by atoms with Crippen LogP contribution in [0.15, 0.2) is 79.1 Å². The van der Waals surface area contributed by atoms with Crippen LogP contribution in [0.4, 0.5) is 4.39 Å². The number of allylic oxidation sites excluding steroid dienone is 4. The molecule has 0 saturated carbocycles. The zero-order chi connectivity index (χ0) is 18.2. The number of carbonyl (C=O) groups is 1. The molecule has 0 spiro atoms. The van der Waals surface area contributed by atoms with Crippen molar-refractivity contribution in [3.63, 3.8) is 0 Å². The highest BCUT2D eigenvalue weighted by Gasteiger charge is 2.03. The summed E-state index contributed by atoms with van der Waals surface area (Å²) < 4.78 is 18.4. The summed E-state index contributed by atoms with van der Waals surface area (Å²) in [4.78, 5) is 10.9. The molecule has 0 unspecified atom stereocenters. The summed E-state index contributed by atoms with van der Waals surface area (Å²) in [5.41, 5.74) is 2.90. The maximum Gasteiger partial charge on any atom is 0.335 e. The van der Waals surface area contributed by atoms with Gasteiger partial charge < -0.3 is 9.84 Å². The molecule has 3 nitrogen and oxygen atoms in total. The number of hydrogen-bond acceptors (Lipinski definition) is 2. The minimum absolute atomic E-state index is 0.222. The minimum atomic E-state index is -0.970. The number of hydrogen-bond donors (Lipinski definition) is 1. The lowest BCUT2D eigenvalue weighted by atomic mass is 10.1. The molecule has 0 aliphatic carbocycles. The van der Waals surface area contributed by atoms with Gasteiger partial charge in [-0.05, 0) is 54.0 Å². The number of carboxylic acids is 1. The molecule has 0 aliphatic heterocycles. The normalized spacial score (nSPS) is 11.5. The maximum atomic E-state index is 12.9. The lowest BCUT2D eigenvalue weighted by Crippen LogP contribution is -1.98. The first-order valence-electron chi connectivity index (χ1n) is 7.70. The Labute approximate surface area is 146 Å². The van der Waals surface area contributed by atoms with Gasteiger partial charge in [0.05, 0.1) is 5.56 Å². The van der Waals surface area contributed by atoms with E-state index in [2.05, 4.69) is 6.58 Å². The number of benzene rings is 2. The molecular formula is C21H19FO3. The summed E-state index contributed by atoms with van der Waals surface area (Å²) in [5.74, 6) is -0.772. The van der Waals surface area contributed by atoms with E-state index in [-0.39, 0.29) is 18.0 Å². The molecule has 0 fully saturated rings. The second-order valence-corrected chi connectivity index (χ2v) is 5.48. The minimum Gasteiger partial charge on any atom is -0.490 e. The maximum absolute atomic E-state index is 12.9. The van der Waals surface area contributed by atoms with Crippen LogP contribution in [0.1, 0.15) is 28.4 Å². The van der Waals surface area contributed by atoms with E-state index in [1.165, 1.54) is 18.2 Å². The van der Waals surface area contributed by atoms with Gasteiger partial charge in [-0.1, -0.05) is 43.0 Å². The summed E-state index contributed by atoms with van der Waals surface area (Å²) in [6.45, 7) is 5.97. The van der Waals surface area contributed by atoms with Gasteiger partial charge >= 0.3 is 5.97 Å². The number of ether oxygens (including phenoxy) is 1. The van der Waals surface area contributed by atoms with Crippen LogP contribution in [0.25, 0.3) is 5.57 Å². The van der Waals surface area contributed by atoms with Crippen LogP contribution in [0, 0.1) is 5.82 Å². The zero-order valence-corrected chi connectivity index (χ0v) is 13.9. The molecule has 128 valence electrons. The van der Waals surface area contributed by atoms with E-state index in [4.69, 9.17) is 9.84 Å². The highest BCUT2D eigenvalue weighted by atomic mass is 19.1. The van der Waals surface area contributed by atoms with Gasteiger partial charge in [0.1, 0.15) is 18.2 Å². The molecule has 25 heavy (non-hydrogen) atoms. The lowest BCUT2D eigenvalue weighted by molar-refractivity contribution is 0.0696. The Morgan fingerprint density at radius 2 is 1.92 bits per heavy atom. The molecule has 0 saturated heterocycles. The summed E-state index contributed by atoms with van der Waals surface area (Å²) in [6.07, 6.45) is 5.40. The molecule has 1 N–H and O–H groups in total. The van der Waals surface area contributed by atoms with E-state index in [9.17, 15) is 9.18 Å². The van der Waals surface area contributed by atoms with Crippen LogP contribution in [-0.2, 0) is 11.3 Å². The van der Waals surface area contributed by atoms with Gasteiger partial charge in [-0.2, -0.15) is 0 Å². The average molecular weight is 338 g/mol. The van der Waals surface area contributed by atoms with Crippen LogP contribution >= 0.6 is 0 Å². The standard InChI is InChI=1S/C21H19FO3/c1-15(18-9-11-20(22)12-10-18)5-3-6-16(2)25-14-17-7-4-8-19(13-17)21(23)24/h3-13H,2,14H2,1H3,(H,23,24)/b6-3-,15-5+. The van der Waals surface area contributed by atoms with Gasteiger partial charge in [0.25, 0.3) is 0 Å². The van der Waals surface area contributed by atoms with Crippen LogP contribution in [0.2, 0.25) is 0 Å². The molecule has 0 amide bonds. The third-order valence-corrected chi connectivity index (χ3v) is 3.53. The topological polar surface area (TPSA) is 46.5 Å². The van der Waals surface area contributed by atoms with Crippen molar-refractivity contribution in [2.24, 2.45) is 0 Å². The Hall–Kier alpha value is -3.14. The Balaban J connectivity index is 1.90. The molecule has 0 bridgehead atoms. The van der Waals surface area contributed by atoms with E-state index in [0.717, 1.165) is 16.7 Å². The number of rotatable bonds is 7. The highest BCUT2D eigenvalue weighted by molar-refractivity contribution is 5.87. The molecule has 0 heterocycles.